The first-order valence-corrected chi connectivity index (χ1v) is 7.19. The highest BCUT2D eigenvalue weighted by Gasteiger charge is 2.14. The first-order chi connectivity index (χ1) is 9.38. The van der Waals surface area contributed by atoms with E-state index in [1.54, 1.807) is 6.07 Å². The van der Waals surface area contributed by atoms with Gasteiger partial charge in [-0.1, -0.05) is 23.2 Å². The molecule has 1 amide bonds. The highest BCUT2D eigenvalue weighted by molar-refractivity contribution is 9.10. The molecule has 104 valence electrons. The molecule has 3 nitrogen and oxygen atoms in total. The minimum Gasteiger partial charge on any atom is -0.508 e. The van der Waals surface area contributed by atoms with Gasteiger partial charge in [0.15, 0.2) is 0 Å². The minimum absolute atomic E-state index is 0.0273. The van der Waals surface area contributed by atoms with Gasteiger partial charge in [-0.25, -0.2) is 0 Å². The number of rotatable bonds is 2. The van der Waals surface area contributed by atoms with Crippen molar-refractivity contribution in [1.29, 1.82) is 0 Å². The van der Waals surface area contributed by atoms with E-state index in [1.165, 1.54) is 18.2 Å². The number of anilines is 1. The van der Waals surface area contributed by atoms with Crippen LogP contribution < -0.4 is 5.32 Å². The molecule has 0 aromatic heterocycles. The number of carbonyl (C=O) groups excluding carboxylic acids is 1. The molecule has 2 rings (SSSR count). The Morgan fingerprint density at radius 2 is 1.90 bits per heavy atom. The number of carbonyl (C=O) groups is 1. The number of benzene rings is 2. The van der Waals surface area contributed by atoms with Crippen LogP contribution in [0.2, 0.25) is 10.0 Å². The maximum Gasteiger partial charge on any atom is 0.257 e. The van der Waals surface area contributed by atoms with Crippen molar-refractivity contribution in [2.45, 2.75) is 6.92 Å². The number of nitrogens with one attached hydrogen (secondary N) is 1. The van der Waals surface area contributed by atoms with Crippen molar-refractivity contribution in [3.05, 3.63) is 56.0 Å². The van der Waals surface area contributed by atoms with Crippen molar-refractivity contribution in [1.82, 2.24) is 0 Å². The first-order valence-electron chi connectivity index (χ1n) is 5.64. The molecule has 0 unspecified atom stereocenters. The molecule has 0 fully saturated rings. The largest absolute Gasteiger partial charge is 0.508 e. The van der Waals surface area contributed by atoms with Gasteiger partial charge in [0, 0.05) is 9.50 Å². The van der Waals surface area contributed by atoms with Gasteiger partial charge in [-0.05, 0) is 58.7 Å². The lowest BCUT2D eigenvalue weighted by atomic mass is 10.2. The lowest BCUT2D eigenvalue weighted by molar-refractivity contribution is 0.102. The minimum atomic E-state index is -0.425. The monoisotopic (exact) mass is 373 g/mol. The van der Waals surface area contributed by atoms with Crippen molar-refractivity contribution in [3.8, 4) is 5.75 Å². The summed E-state index contributed by atoms with van der Waals surface area (Å²) in [6.45, 7) is 1.87. The molecule has 2 N–H and O–H groups in total. The number of hydrogen-bond donors (Lipinski definition) is 2. The molecule has 2 aromatic rings. The molecule has 0 radical (unpaired) electrons. The van der Waals surface area contributed by atoms with Gasteiger partial charge in [-0.15, -0.1) is 0 Å². The summed E-state index contributed by atoms with van der Waals surface area (Å²) in [5.74, 6) is -0.452. The third-order valence-corrected chi connectivity index (χ3v) is 4.08. The van der Waals surface area contributed by atoms with E-state index in [9.17, 15) is 9.90 Å². The molecule has 0 aliphatic rings. The summed E-state index contributed by atoms with van der Waals surface area (Å²) in [7, 11) is 0. The van der Waals surface area contributed by atoms with Crippen LogP contribution in [0, 0.1) is 6.92 Å². The van der Waals surface area contributed by atoms with E-state index >= 15 is 0 Å². The zero-order valence-corrected chi connectivity index (χ0v) is 13.5. The number of aromatic hydroxyl groups is 1. The normalized spacial score (nSPS) is 10.4. The van der Waals surface area contributed by atoms with Gasteiger partial charge in [0.05, 0.1) is 16.3 Å². The maximum atomic E-state index is 12.2. The number of phenols is 1. The molecule has 6 heteroatoms. The SMILES string of the molecule is Cc1cc(Br)c(NC(=O)c2cc(O)ccc2Cl)cc1Cl. The summed E-state index contributed by atoms with van der Waals surface area (Å²) in [5.41, 5.74) is 1.62. The molecule has 0 saturated carbocycles. The van der Waals surface area contributed by atoms with Gasteiger partial charge in [-0.2, -0.15) is 0 Å². The van der Waals surface area contributed by atoms with Crippen molar-refractivity contribution in [2.24, 2.45) is 0 Å². The van der Waals surface area contributed by atoms with E-state index < -0.39 is 5.91 Å². The summed E-state index contributed by atoms with van der Waals surface area (Å²) in [4.78, 5) is 12.2. The predicted octanol–water partition coefficient (Wildman–Crippen LogP) is 5.02. The average molecular weight is 375 g/mol. The van der Waals surface area contributed by atoms with E-state index in [2.05, 4.69) is 21.2 Å². The Balaban J connectivity index is 2.32. The van der Waals surface area contributed by atoms with E-state index in [0.29, 0.717) is 15.2 Å². The van der Waals surface area contributed by atoms with Crippen LogP contribution >= 0.6 is 39.1 Å². The zero-order chi connectivity index (χ0) is 14.9. The Hall–Kier alpha value is -1.23. The summed E-state index contributed by atoms with van der Waals surface area (Å²) >= 11 is 15.3. The van der Waals surface area contributed by atoms with Crippen LogP contribution in [0.1, 0.15) is 15.9 Å². The van der Waals surface area contributed by atoms with Crippen LogP contribution in [-0.2, 0) is 0 Å². The van der Waals surface area contributed by atoms with Crippen LogP contribution in [-0.4, -0.2) is 11.0 Å². The number of amides is 1. The second-order valence-electron chi connectivity index (χ2n) is 4.20. The van der Waals surface area contributed by atoms with E-state index in [-0.39, 0.29) is 16.3 Å². The highest BCUT2D eigenvalue weighted by Crippen LogP contribution is 2.30. The molecule has 0 saturated heterocycles. The fourth-order valence-electron chi connectivity index (χ4n) is 1.62. The fraction of sp³-hybridized carbons (Fsp3) is 0.0714. The van der Waals surface area contributed by atoms with Crippen LogP contribution in [0.3, 0.4) is 0 Å². The second kappa shape index (κ2) is 6.04. The van der Waals surface area contributed by atoms with Crippen molar-refractivity contribution in [2.75, 3.05) is 5.32 Å². The van der Waals surface area contributed by atoms with E-state index in [0.717, 1.165) is 5.56 Å². The molecule has 0 heterocycles. The van der Waals surface area contributed by atoms with Gasteiger partial charge in [0.2, 0.25) is 0 Å². The molecule has 0 aliphatic carbocycles. The number of phenolic OH excluding ortho intramolecular Hbond substituents is 1. The third-order valence-electron chi connectivity index (χ3n) is 2.69. The summed E-state index contributed by atoms with van der Waals surface area (Å²) in [5, 5.41) is 12.9. The van der Waals surface area contributed by atoms with Crippen molar-refractivity contribution >= 4 is 50.7 Å². The van der Waals surface area contributed by atoms with Gasteiger partial charge in [0.25, 0.3) is 5.91 Å². The molecule has 0 aliphatic heterocycles. The first kappa shape index (κ1) is 15.2. The zero-order valence-electron chi connectivity index (χ0n) is 10.4. The maximum absolute atomic E-state index is 12.2. The standard InChI is InChI=1S/C14H10BrCl2NO2/c1-7-4-10(15)13(6-12(7)17)18-14(20)9-5-8(19)2-3-11(9)16/h2-6,19H,1H3,(H,18,20). The van der Waals surface area contributed by atoms with E-state index in [4.69, 9.17) is 23.2 Å². The molecule has 20 heavy (non-hydrogen) atoms. The van der Waals surface area contributed by atoms with Gasteiger partial charge >= 0.3 is 0 Å². The molecular formula is C14H10BrCl2NO2. The van der Waals surface area contributed by atoms with Crippen LogP contribution in [0.5, 0.6) is 5.75 Å². The Kier molecular flexibility index (Phi) is 4.58. The van der Waals surface area contributed by atoms with Gasteiger partial charge in [0.1, 0.15) is 5.75 Å². The smallest absolute Gasteiger partial charge is 0.257 e. The van der Waals surface area contributed by atoms with Crippen LogP contribution in [0.4, 0.5) is 5.69 Å². The Bertz CT molecular complexity index is 689. The van der Waals surface area contributed by atoms with Crippen LogP contribution in [0.15, 0.2) is 34.8 Å². The third kappa shape index (κ3) is 3.26. The predicted molar refractivity (Wildman–Crippen MR) is 85.0 cm³/mol. The van der Waals surface area contributed by atoms with Crippen molar-refractivity contribution < 1.29 is 9.90 Å². The van der Waals surface area contributed by atoms with Crippen LogP contribution in [0.25, 0.3) is 0 Å². The average Bonchev–Trinajstić information content (AvgIpc) is 2.38. The summed E-state index contributed by atoms with van der Waals surface area (Å²) in [6, 6.07) is 7.64. The number of aryl methyl sites for hydroxylation is 1. The molecule has 0 bridgehead atoms. The van der Waals surface area contributed by atoms with E-state index in [1.807, 2.05) is 13.0 Å². The van der Waals surface area contributed by atoms with Gasteiger partial charge < -0.3 is 10.4 Å². The molecular weight excluding hydrogens is 365 g/mol. The lowest BCUT2D eigenvalue weighted by Gasteiger charge is -2.10. The number of halogens is 3. The molecule has 0 spiro atoms. The Morgan fingerprint density at radius 1 is 1.20 bits per heavy atom. The topological polar surface area (TPSA) is 49.3 Å². The second-order valence-corrected chi connectivity index (χ2v) is 5.87. The Morgan fingerprint density at radius 3 is 2.60 bits per heavy atom. The molecule has 0 atom stereocenters. The quantitative estimate of drug-likeness (QED) is 0.775. The summed E-state index contributed by atoms with van der Waals surface area (Å²) in [6.07, 6.45) is 0. The fourth-order valence-corrected chi connectivity index (χ4v) is 2.54. The Labute approximate surface area is 134 Å². The summed E-state index contributed by atoms with van der Waals surface area (Å²) < 4.78 is 0.712. The highest BCUT2D eigenvalue weighted by atomic mass is 79.9. The van der Waals surface area contributed by atoms with Crippen molar-refractivity contribution in [3.63, 3.8) is 0 Å². The number of hydrogen-bond acceptors (Lipinski definition) is 2. The van der Waals surface area contributed by atoms with Gasteiger partial charge in [-0.3, -0.25) is 4.79 Å². The lowest BCUT2D eigenvalue weighted by Crippen LogP contribution is -2.13. The molecule has 2 aromatic carbocycles.